The van der Waals surface area contributed by atoms with Crippen LogP contribution in [-0.2, 0) is 5.33 Å². The van der Waals surface area contributed by atoms with E-state index in [4.69, 9.17) is 4.74 Å². The van der Waals surface area contributed by atoms with E-state index in [9.17, 15) is 10.1 Å². The number of nitrogens with zero attached hydrogens (tertiary/aromatic N) is 1. The third-order valence-corrected chi connectivity index (χ3v) is 4.02. The van der Waals surface area contributed by atoms with Gasteiger partial charge in [-0.05, 0) is 24.3 Å². The summed E-state index contributed by atoms with van der Waals surface area (Å²) >= 11 is 10.0. The molecule has 0 fully saturated rings. The van der Waals surface area contributed by atoms with Crippen molar-refractivity contribution in [2.75, 3.05) is 0 Å². The van der Waals surface area contributed by atoms with Gasteiger partial charge in [0.25, 0.3) is 5.69 Å². The van der Waals surface area contributed by atoms with Crippen LogP contribution in [0.5, 0.6) is 11.5 Å². The second-order valence-corrected chi connectivity index (χ2v) is 6.28. The first-order valence-electron chi connectivity index (χ1n) is 5.47. The number of nitro benzene ring substituents is 1. The topological polar surface area (TPSA) is 52.4 Å². The number of benzene rings is 2. The lowest BCUT2D eigenvalue weighted by atomic mass is 10.2. The summed E-state index contributed by atoms with van der Waals surface area (Å²) in [5.41, 5.74) is 0.925. The Kier molecular flexibility index (Phi) is 5.17. The van der Waals surface area contributed by atoms with E-state index in [1.807, 2.05) is 18.2 Å². The van der Waals surface area contributed by atoms with Gasteiger partial charge in [-0.15, -0.1) is 0 Å². The van der Waals surface area contributed by atoms with Gasteiger partial charge in [-0.1, -0.05) is 47.8 Å². The summed E-state index contributed by atoms with van der Waals surface area (Å²) < 4.78 is 7.28. The maximum absolute atomic E-state index is 10.8. The monoisotopic (exact) mass is 463 g/mol. The molecule has 2 aromatic rings. The molecule has 0 unspecified atom stereocenters. The van der Waals surface area contributed by atoms with Gasteiger partial charge >= 0.3 is 0 Å². The van der Waals surface area contributed by atoms with E-state index in [1.165, 1.54) is 12.1 Å². The number of non-ortho nitro benzene ring substituents is 1. The highest BCUT2D eigenvalue weighted by Gasteiger charge is 2.11. The van der Waals surface area contributed by atoms with E-state index in [2.05, 4.69) is 47.8 Å². The molecule has 0 aliphatic rings. The van der Waals surface area contributed by atoms with Gasteiger partial charge in [0.2, 0.25) is 0 Å². The highest BCUT2D eigenvalue weighted by atomic mass is 79.9. The van der Waals surface area contributed by atoms with E-state index < -0.39 is 4.92 Å². The zero-order chi connectivity index (χ0) is 14.7. The van der Waals surface area contributed by atoms with Crippen molar-refractivity contribution < 1.29 is 9.66 Å². The minimum Gasteiger partial charge on any atom is -0.457 e. The number of hydrogen-bond donors (Lipinski definition) is 0. The molecule has 0 aliphatic heterocycles. The van der Waals surface area contributed by atoms with Crippen LogP contribution in [0.15, 0.2) is 45.3 Å². The SMILES string of the molecule is O=[N+]([O-])c1cc(Br)cc(Oc2ccc(Br)cc2CBr)c1. The first-order chi connectivity index (χ1) is 9.49. The maximum Gasteiger partial charge on any atom is 0.274 e. The van der Waals surface area contributed by atoms with Crippen LogP contribution < -0.4 is 4.74 Å². The number of halogens is 3. The van der Waals surface area contributed by atoms with Crippen LogP contribution in [0.25, 0.3) is 0 Å². The van der Waals surface area contributed by atoms with Gasteiger partial charge in [0, 0.05) is 25.9 Å². The van der Waals surface area contributed by atoms with Gasteiger partial charge in [0.15, 0.2) is 0 Å². The van der Waals surface area contributed by atoms with Crippen LogP contribution >= 0.6 is 47.8 Å². The maximum atomic E-state index is 10.8. The number of hydrogen-bond acceptors (Lipinski definition) is 3. The molecule has 0 aromatic heterocycles. The standard InChI is InChI=1S/C13H8Br3NO3/c14-7-8-3-9(15)1-2-13(8)20-12-5-10(16)4-11(6-12)17(18)19/h1-6H,7H2. The summed E-state index contributed by atoms with van der Waals surface area (Å²) in [4.78, 5) is 10.4. The number of alkyl halides is 1. The fourth-order valence-corrected chi connectivity index (χ4v) is 2.90. The van der Waals surface area contributed by atoms with Crippen molar-refractivity contribution in [2.45, 2.75) is 5.33 Å². The lowest BCUT2D eigenvalue weighted by Crippen LogP contribution is -1.92. The van der Waals surface area contributed by atoms with Gasteiger partial charge in [-0.3, -0.25) is 10.1 Å². The lowest BCUT2D eigenvalue weighted by molar-refractivity contribution is -0.385. The molecule has 20 heavy (non-hydrogen) atoms. The van der Waals surface area contributed by atoms with Gasteiger partial charge < -0.3 is 4.74 Å². The van der Waals surface area contributed by atoms with Crippen molar-refractivity contribution in [2.24, 2.45) is 0 Å². The van der Waals surface area contributed by atoms with Crippen molar-refractivity contribution in [3.05, 3.63) is 61.0 Å². The summed E-state index contributed by atoms with van der Waals surface area (Å²) in [6.07, 6.45) is 0. The van der Waals surface area contributed by atoms with Gasteiger partial charge in [0.1, 0.15) is 11.5 Å². The molecule has 0 radical (unpaired) electrons. The van der Waals surface area contributed by atoms with Crippen molar-refractivity contribution in [3.8, 4) is 11.5 Å². The lowest BCUT2D eigenvalue weighted by Gasteiger charge is -2.10. The first-order valence-corrected chi connectivity index (χ1v) is 8.17. The molecule has 0 bridgehead atoms. The fourth-order valence-electron chi connectivity index (χ4n) is 1.59. The zero-order valence-corrected chi connectivity index (χ0v) is 14.7. The normalized spacial score (nSPS) is 10.3. The van der Waals surface area contributed by atoms with Crippen molar-refractivity contribution in [1.29, 1.82) is 0 Å². The molecule has 0 heterocycles. The molecule has 0 atom stereocenters. The van der Waals surface area contributed by atoms with Crippen LogP contribution in [0, 0.1) is 10.1 Å². The average Bonchev–Trinajstić information content (AvgIpc) is 2.40. The highest BCUT2D eigenvalue weighted by Crippen LogP contribution is 2.33. The minimum absolute atomic E-state index is 0.0214. The second-order valence-electron chi connectivity index (χ2n) is 3.89. The summed E-state index contributed by atoms with van der Waals surface area (Å²) in [6, 6.07) is 10.1. The van der Waals surface area contributed by atoms with Crippen LogP contribution in [0.1, 0.15) is 5.56 Å². The van der Waals surface area contributed by atoms with Gasteiger partial charge in [-0.2, -0.15) is 0 Å². The average molecular weight is 466 g/mol. The summed E-state index contributed by atoms with van der Waals surface area (Å²) in [6.45, 7) is 0. The largest absolute Gasteiger partial charge is 0.457 e. The molecule has 0 spiro atoms. The van der Waals surface area contributed by atoms with Gasteiger partial charge in [0.05, 0.1) is 11.0 Å². The molecule has 2 rings (SSSR count). The third kappa shape index (κ3) is 3.80. The molecule has 0 aliphatic carbocycles. The Morgan fingerprint density at radius 1 is 1.10 bits per heavy atom. The molecular formula is C13H8Br3NO3. The second kappa shape index (κ2) is 6.69. The molecule has 104 valence electrons. The Labute approximate surface area is 140 Å². The van der Waals surface area contributed by atoms with Crippen molar-refractivity contribution in [1.82, 2.24) is 0 Å². The Morgan fingerprint density at radius 3 is 2.50 bits per heavy atom. The Morgan fingerprint density at radius 2 is 1.85 bits per heavy atom. The Hall–Kier alpha value is -0.920. The fraction of sp³-hybridized carbons (Fsp3) is 0.0769. The molecule has 7 heteroatoms. The van der Waals surface area contributed by atoms with E-state index in [0.29, 0.717) is 21.3 Å². The molecule has 0 N–H and O–H groups in total. The number of nitro groups is 1. The zero-order valence-electron chi connectivity index (χ0n) is 9.98. The smallest absolute Gasteiger partial charge is 0.274 e. The van der Waals surface area contributed by atoms with Crippen LogP contribution in [-0.4, -0.2) is 4.92 Å². The predicted molar refractivity (Wildman–Crippen MR) is 87.6 cm³/mol. The highest BCUT2D eigenvalue weighted by molar-refractivity contribution is 9.10. The number of rotatable bonds is 4. The van der Waals surface area contributed by atoms with Crippen LogP contribution in [0.2, 0.25) is 0 Å². The third-order valence-electron chi connectivity index (χ3n) is 2.46. The van der Waals surface area contributed by atoms with E-state index in [0.717, 1.165) is 10.0 Å². The quantitative estimate of drug-likeness (QED) is 0.325. The molecule has 2 aromatic carbocycles. The Bertz CT molecular complexity index is 661. The molecule has 0 amide bonds. The summed E-state index contributed by atoms with van der Waals surface area (Å²) in [7, 11) is 0. The van der Waals surface area contributed by atoms with Crippen LogP contribution in [0.3, 0.4) is 0 Å². The van der Waals surface area contributed by atoms with Crippen molar-refractivity contribution in [3.63, 3.8) is 0 Å². The van der Waals surface area contributed by atoms with Crippen molar-refractivity contribution >= 4 is 53.5 Å². The van der Waals surface area contributed by atoms with E-state index in [1.54, 1.807) is 6.07 Å². The van der Waals surface area contributed by atoms with E-state index in [-0.39, 0.29) is 5.69 Å². The summed E-state index contributed by atoms with van der Waals surface area (Å²) in [5.74, 6) is 1.06. The Balaban J connectivity index is 2.37. The number of ether oxygens (including phenoxy) is 1. The first kappa shape index (κ1) is 15.5. The predicted octanol–water partition coefficient (Wildman–Crippen LogP) is 5.81. The molecule has 0 saturated carbocycles. The molecule has 0 saturated heterocycles. The summed E-state index contributed by atoms with van der Waals surface area (Å²) in [5, 5.41) is 11.5. The minimum atomic E-state index is -0.454. The van der Waals surface area contributed by atoms with Gasteiger partial charge in [-0.25, -0.2) is 0 Å². The molecular weight excluding hydrogens is 458 g/mol. The van der Waals surface area contributed by atoms with E-state index >= 15 is 0 Å². The molecule has 4 nitrogen and oxygen atoms in total. The van der Waals surface area contributed by atoms with Crippen LogP contribution in [0.4, 0.5) is 5.69 Å².